The van der Waals surface area contributed by atoms with E-state index < -0.39 is 20.9 Å². The molecule has 1 N–H and O–H groups in total. The summed E-state index contributed by atoms with van der Waals surface area (Å²) < 4.78 is 25.1. The van der Waals surface area contributed by atoms with Crippen molar-refractivity contribution in [2.24, 2.45) is 0 Å². The molecule has 0 heterocycles. The van der Waals surface area contributed by atoms with Crippen LogP contribution in [0.4, 0.5) is 5.69 Å². The minimum Gasteiger partial charge on any atom is -0.478 e. The second-order valence-electron chi connectivity index (χ2n) is 5.10. The van der Waals surface area contributed by atoms with Gasteiger partial charge in [-0.25, -0.2) is 17.5 Å². The van der Waals surface area contributed by atoms with Crippen molar-refractivity contribution in [2.45, 2.75) is 4.90 Å². The van der Waals surface area contributed by atoms with E-state index in [0.717, 1.165) is 22.5 Å². The lowest BCUT2D eigenvalue weighted by molar-refractivity contribution is -0.384. The summed E-state index contributed by atoms with van der Waals surface area (Å²) in [5.41, 5.74) is 0.156. The first-order valence-corrected chi connectivity index (χ1v) is 8.13. The number of aromatic carboxylic acids is 1. The summed E-state index contributed by atoms with van der Waals surface area (Å²) in [5, 5.41) is 20.1. The number of carboxylic acid groups (broad SMARTS) is 1. The van der Waals surface area contributed by atoms with Crippen molar-refractivity contribution < 1.29 is 23.2 Å². The zero-order valence-corrected chi connectivity index (χ0v) is 13.6. The summed E-state index contributed by atoms with van der Waals surface area (Å²) in [5.74, 6) is -1.23. The number of hydrogen-bond acceptors (Lipinski definition) is 5. The number of hydrogen-bond donors (Lipinski definition) is 1. The number of nitro groups is 1. The molecule has 0 atom stereocenters. The van der Waals surface area contributed by atoms with Crippen molar-refractivity contribution in [2.75, 3.05) is 14.1 Å². The summed E-state index contributed by atoms with van der Waals surface area (Å²) in [6, 6.07) is 8.91. The topological polar surface area (TPSA) is 118 Å². The number of nitrogens with zero attached hydrogens (tertiary/aromatic N) is 2. The van der Waals surface area contributed by atoms with E-state index in [2.05, 4.69) is 0 Å². The van der Waals surface area contributed by atoms with Crippen LogP contribution in [0, 0.1) is 10.1 Å². The van der Waals surface area contributed by atoms with E-state index in [4.69, 9.17) is 0 Å². The Morgan fingerprint density at radius 1 is 1.12 bits per heavy atom. The van der Waals surface area contributed by atoms with Crippen LogP contribution in [0.1, 0.15) is 10.4 Å². The standard InChI is InChI=1S/C15H14N2O6S/c1-16(2)24(22,23)12-6-3-10(4-7-12)14-9-11(17(20)21)5-8-13(14)15(18)19/h3-9H,1-2H3,(H,18,19). The van der Waals surface area contributed by atoms with Crippen molar-refractivity contribution in [3.63, 3.8) is 0 Å². The van der Waals surface area contributed by atoms with Gasteiger partial charge < -0.3 is 5.11 Å². The molecule has 2 aromatic rings. The van der Waals surface area contributed by atoms with Gasteiger partial charge in [0.15, 0.2) is 0 Å². The van der Waals surface area contributed by atoms with Gasteiger partial charge in [-0.3, -0.25) is 10.1 Å². The highest BCUT2D eigenvalue weighted by molar-refractivity contribution is 7.89. The summed E-state index contributed by atoms with van der Waals surface area (Å²) >= 11 is 0. The number of carboxylic acids is 1. The van der Waals surface area contributed by atoms with Gasteiger partial charge in [0, 0.05) is 31.8 Å². The third-order valence-electron chi connectivity index (χ3n) is 3.39. The molecular formula is C15H14N2O6S. The number of nitro benzene ring substituents is 1. The lowest BCUT2D eigenvalue weighted by atomic mass is 9.99. The van der Waals surface area contributed by atoms with Gasteiger partial charge in [-0.1, -0.05) is 12.1 Å². The van der Waals surface area contributed by atoms with Gasteiger partial charge in [-0.2, -0.15) is 0 Å². The third kappa shape index (κ3) is 3.26. The van der Waals surface area contributed by atoms with Crippen molar-refractivity contribution in [3.8, 4) is 11.1 Å². The van der Waals surface area contributed by atoms with Gasteiger partial charge in [0.25, 0.3) is 5.69 Å². The molecule has 126 valence electrons. The molecule has 0 aliphatic carbocycles. The first kappa shape index (κ1) is 17.6. The van der Waals surface area contributed by atoms with Crippen LogP contribution in [0.5, 0.6) is 0 Å². The van der Waals surface area contributed by atoms with Crippen LogP contribution in [0.15, 0.2) is 47.4 Å². The van der Waals surface area contributed by atoms with Gasteiger partial charge in [0.2, 0.25) is 10.0 Å². The predicted octanol–water partition coefficient (Wildman–Crippen LogP) is 2.21. The van der Waals surface area contributed by atoms with Crippen LogP contribution < -0.4 is 0 Å². The normalized spacial score (nSPS) is 11.5. The van der Waals surface area contributed by atoms with Crippen molar-refractivity contribution in [1.29, 1.82) is 0 Å². The molecular weight excluding hydrogens is 336 g/mol. The number of rotatable bonds is 5. The molecule has 24 heavy (non-hydrogen) atoms. The molecule has 0 aliphatic rings. The molecule has 0 fully saturated rings. The Bertz CT molecular complexity index is 904. The van der Waals surface area contributed by atoms with Crippen LogP contribution >= 0.6 is 0 Å². The monoisotopic (exact) mass is 350 g/mol. The predicted molar refractivity (Wildman–Crippen MR) is 86.4 cm³/mol. The minimum atomic E-state index is -3.62. The van der Waals surface area contributed by atoms with E-state index in [1.54, 1.807) is 0 Å². The molecule has 0 aliphatic heterocycles. The zero-order valence-electron chi connectivity index (χ0n) is 12.8. The van der Waals surface area contributed by atoms with E-state index in [0.29, 0.717) is 5.56 Å². The average molecular weight is 350 g/mol. The summed E-state index contributed by atoms with van der Waals surface area (Å²) in [6.45, 7) is 0. The summed E-state index contributed by atoms with van der Waals surface area (Å²) in [4.78, 5) is 21.6. The Labute approximate surface area is 138 Å². The maximum atomic E-state index is 12.0. The van der Waals surface area contributed by atoms with E-state index >= 15 is 0 Å². The van der Waals surface area contributed by atoms with Crippen molar-refractivity contribution in [3.05, 3.63) is 58.1 Å². The van der Waals surface area contributed by atoms with Gasteiger partial charge >= 0.3 is 5.97 Å². The van der Waals surface area contributed by atoms with Crippen LogP contribution in [0.25, 0.3) is 11.1 Å². The molecule has 0 saturated carbocycles. The number of non-ortho nitro benzene ring substituents is 1. The highest BCUT2D eigenvalue weighted by Gasteiger charge is 2.19. The van der Waals surface area contributed by atoms with Crippen molar-refractivity contribution >= 4 is 21.7 Å². The third-order valence-corrected chi connectivity index (χ3v) is 5.22. The second kappa shape index (κ2) is 6.38. The second-order valence-corrected chi connectivity index (χ2v) is 7.26. The maximum Gasteiger partial charge on any atom is 0.336 e. The van der Waals surface area contributed by atoms with Crippen LogP contribution in [-0.2, 0) is 10.0 Å². The highest BCUT2D eigenvalue weighted by atomic mass is 32.2. The zero-order chi connectivity index (χ0) is 18.1. The van der Waals surface area contributed by atoms with Crippen LogP contribution in [0.3, 0.4) is 0 Å². The molecule has 9 heteroatoms. The molecule has 0 amide bonds. The number of carbonyl (C=O) groups is 1. The van der Waals surface area contributed by atoms with Gasteiger partial charge in [-0.15, -0.1) is 0 Å². The smallest absolute Gasteiger partial charge is 0.336 e. The lowest BCUT2D eigenvalue weighted by Crippen LogP contribution is -2.22. The number of benzene rings is 2. The Morgan fingerprint density at radius 2 is 1.71 bits per heavy atom. The molecule has 0 saturated heterocycles. The fourth-order valence-corrected chi connectivity index (χ4v) is 2.99. The molecule has 0 radical (unpaired) electrons. The van der Waals surface area contributed by atoms with Crippen LogP contribution in [-0.4, -0.2) is 42.8 Å². The lowest BCUT2D eigenvalue weighted by Gasteiger charge is -2.12. The Kier molecular flexibility index (Phi) is 4.67. The van der Waals surface area contributed by atoms with E-state index in [9.17, 15) is 28.4 Å². The highest BCUT2D eigenvalue weighted by Crippen LogP contribution is 2.29. The molecule has 0 aromatic heterocycles. The van der Waals surface area contributed by atoms with E-state index in [-0.39, 0.29) is 21.7 Å². The molecule has 8 nitrogen and oxygen atoms in total. The fourth-order valence-electron chi connectivity index (χ4n) is 2.09. The minimum absolute atomic E-state index is 0.0403. The summed E-state index contributed by atoms with van der Waals surface area (Å²) in [6.07, 6.45) is 0. The Hall–Kier alpha value is -2.78. The molecule has 0 unspecified atom stereocenters. The SMILES string of the molecule is CN(C)S(=O)(=O)c1ccc(-c2cc([N+](=O)[O-])ccc2C(=O)O)cc1. The fraction of sp³-hybridized carbons (Fsp3) is 0.133. The maximum absolute atomic E-state index is 12.0. The Balaban J connectivity index is 2.58. The van der Waals surface area contributed by atoms with Gasteiger partial charge in [0.1, 0.15) is 0 Å². The first-order valence-electron chi connectivity index (χ1n) is 6.69. The molecule has 0 bridgehead atoms. The molecule has 2 aromatic carbocycles. The molecule has 2 rings (SSSR count). The summed E-state index contributed by atoms with van der Waals surface area (Å²) in [7, 11) is -0.825. The van der Waals surface area contributed by atoms with Gasteiger partial charge in [0.05, 0.1) is 15.4 Å². The van der Waals surface area contributed by atoms with Crippen molar-refractivity contribution in [1.82, 2.24) is 4.31 Å². The average Bonchev–Trinajstić information content (AvgIpc) is 2.54. The van der Waals surface area contributed by atoms with Crippen LogP contribution in [0.2, 0.25) is 0 Å². The molecule has 0 spiro atoms. The van der Waals surface area contributed by atoms with Gasteiger partial charge in [-0.05, 0) is 23.8 Å². The largest absolute Gasteiger partial charge is 0.478 e. The quantitative estimate of drug-likeness (QED) is 0.652. The number of sulfonamides is 1. The Morgan fingerprint density at radius 3 is 2.17 bits per heavy atom. The first-order chi connectivity index (χ1) is 11.1. The van der Waals surface area contributed by atoms with E-state index in [1.807, 2.05) is 0 Å². The van der Waals surface area contributed by atoms with E-state index in [1.165, 1.54) is 38.4 Å².